The van der Waals surface area contributed by atoms with E-state index in [4.69, 9.17) is 0 Å². The average Bonchev–Trinajstić information content (AvgIpc) is 3.37. The summed E-state index contributed by atoms with van der Waals surface area (Å²) in [6, 6.07) is 13.7. The van der Waals surface area contributed by atoms with Crippen LogP contribution in [0.4, 0.5) is 5.13 Å². The van der Waals surface area contributed by atoms with Crippen molar-refractivity contribution in [3.05, 3.63) is 77.7 Å². The third-order valence-electron chi connectivity index (χ3n) is 3.60. The molecule has 0 saturated carbocycles. The number of carbonyl (C=O) groups is 1. The van der Waals surface area contributed by atoms with Crippen LogP contribution in [0.15, 0.2) is 66.4 Å². The quantitative estimate of drug-likeness (QED) is 0.600. The number of rotatable bonds is 5. The summed E-state index contributed by atoms with van der Waals surface area (Å²) < 4.78 is 3.55. The first-order chi connectivity index (χ1) is 12.3. The van der Waals surface area contributed by atoms with Gasteiger partial charge in [-0.05, 0) is 17.7 Å². The van der Waals surface area contributed by atoms with Gasteiger partial charge in [-0.15, -0.1) is 16.4 Å². The summed E-state index contributed by atoms with van der Waals surface area (Å²) in [6.07, 6.45) is 5.36. The Kier molecular flexibility index (Phi) is 4.09. The maximum atomic E-state index is 12.6. The molecule has 0 aliphatic carbocycles. The molecule has 1 N–H and O–H groups in total. The van der Waals surface area contributed by atoms with Gasteiger partial charge in [-0.1, -0.05) is 35.5 Å². The van der Waals surface area contributed by atoms with Crippen molar-refractivity contribution in [1.29, 1.82) is 0 Å². The molecule has 124 valence electrons. The van der Waals surface area contributed by atoms with Gasteiger partial charge in [-0.25, -0.2) is 9.67 Å². The molecule has 0 spiro atoms. The highest BCUT2D eigenvalue weighted by Gasteiger charge is 2.21. The lowest BCUT2D eigenvalue weighted by Crippen LogP contribution is -2.16. The van der Waals surface area contributed by atoms with Crippen molar-refractivity contribution in [2.45, 2.75) is 6.54 Å². The van der Waals surface area contributed by atoms with Crippen molar-refractivity contribution in [2.75, 3.05) is 5.32 Å². The Labute approximate surface area is 147 Å². The van der Waals surface area contributed by atoms with Crippen LogP contribution < -0.4 is 5.32 Å². The van der Waals surface area contributed by atoms with Crippen molar-refractivity contribution in [3.8, 4) is 5.82 Å². The van der Waals surface area contributed by atoms with Crippen molar-refractivity contribution >= 4 is 22.4 Å². The topological polar surface area (TPSA) is 77.6 Å². The van der Waals surface area contributed by atoms with Gasteiger partial charge in [0, 0.05) is 24.0 Å². The number of aromatic nitrogens is 5. The standard InChI is InChI=1S/C17H14N6OS/c24-15(19-17-18-8-11-25-17)14-16(22-9-4-5-10-22)23(21-20-14)12-13-6-2-1-3-7-13/h1-11H,12H2,(H,18,19,24). The lowest BCUT2D eigenvalue weighted by molar-refractivity contribution is 0.102. The second-order valence-electron chi connectivity index (χ2n) is 5.29. The molecular formula is C17H14N6OS. The van der Waals surface area contributed by atoms with Crippen molar-refractivity contribution in [1.82, 2.24) is 24.5 Å². The summed E-state index contributed by atoms with van der Waals surface area (Å²) in [5.41, 5.74) is 1.33. The predicted octanol–water partition coefficient (Wildman–Crippen LogP) is 2.83. The summed E-state index contributed by atoms with van der Waals surface area (Å²) in [5.74, 6) is 0.279. The van der Waals surface area contributed by atoms with Crippen LogP contribution in [0.1, 0.15) is 16.1 Å². The van der Waals surface area contributed by atoms with E-state index in [2.05, 4.69) is 20.6 Å². The summed E-state index contributed by atoms with van der Waals surface area (Å²) in [7, 11) is 0. The van der Waals surface area contributed by atoms with E-state index in [-0.39, 0.29) is 11.6 Å². The first-order valence-electron chi connectivity index (χ1n) is 7.63. The fraction of sp³-hybridized carbons (Fsp3) is 0.0588. The second kappa shape index (κ2) is 6.70. The van der Waals surface area contributed by atoms with Gasteiger partial charge >= 0.3 is 0 Å². The highest BCUT2D eigenvalue weighted by Crippen LogP contribution is 2.17. The Balaban J connectivity index is 1.71. The third-order valence-corrected chi connectivity index (χ3v) is 4.29. The molecule has 3 aromatic heterocycles. The fourth-order valence-electron chi connectivity index (χ4n) is 2.49. The molecule has 0 unspecified atom stereocenters. The van der Waals surface area contributed by atoms with Gasteiger partial charge in [-0.3, -0.25) is 10.1 Å². The van der Waals surface area contributed by atoms with Gasteiger partial charge in [0.1, 0.15) is 0 Å². The number of anilines is 1. The van der Waals surface area contributed by atoms with E-state index in [0.29, 0.717) is 17.5 Å². The van der Waals surface area contributed by atoms with Gasteiger partial charge in [-0.2, -0.15) is 0 Å². The maximum Gasteiger partial charge on any atom is 0.281 e. The molecule has 0 aliphatic rings. The Bertz CT molecular complexity index is 960. The van der Waals surface area contributed by atoms with Crippen molar-refractivity contribution in [2.24, 2.45) is 0 Å². The highest BCUT2D eigenvalue weighted by molar-refractivity contribution is 7.13. The minimum absolute atomic E-state index is 0.252. The average molecular weight is 350 g/mol. The normalized spacial score (nSPS) is 10.7. The van der Waals surface area contributed by atoms with Crippen LogP contribution in [0, 0.1) is 0 Å². The van der Waals surface area contributed by atoms with Gasteiger partial charge in [0.2, 0.25) is 0 Å². The van der Waals surface area contributed by atoms with E-state index < -0.39 is 0 Å². The monoisotopic (exact) mass is 350 g/mol. The third kappa shape index (κ3) is 3.20. The molecule has 3 heterocycles. The lowest BCUT2D eigenvalue weighted by atomic mass is 10.2. The molecular weight excluding hydrogens is 336 g/mol. The number of benzene rings is 1. The minimum atomic E-state index is -0.335. The lowest BCUT2D eigenvalue weighted by Gasteiger charge is -2.09. The highest BCUT2D eigenvalue weighted by atomic mass is 32.1. The van der Waals surface area contributed by atoms with Crippen LogP contribution in [0.2, 0.25) is 0 Å². The fourth-order valence-corrected chi connectivity index (χ4v) is 3.01. The Morgan fingerprint density at radius 1 is 1.12 bits per heavy atom. The number of amides is 1. The molecule has 0 atom stereocenters. The number of nitrogens with zero attached hydrogens (tertiary/aromatic N) is 5. The van der Waals surface area contributed by atoms with E-state index in [1.165, 1.54) is 11.3 Å². The minimum Gasteiger partial charge on any atom is -0.307 e. The zero-order valence-corrected chi connectivity index (χ0v) is 13.9. The van der Waals surface area contributed by atoms with E-state index in [1.54, 1.807) is 16.3 Å². The van der Waals surface area contributed by atoms with E-state index in [1.807, 2.05) is 59.4 Å². The molecule has 0 fully saturated rings. The number of hydrogen-bond acceptors (Lipinski definition) is 5. The summed E-state index contributed by atoms with van der Waals surface area (Å²) in [4.78, 5) is 16.7. The number of thiazole rings is 1. The molecule has 0 radical (unpaired) electrons. The van der Waals surface area contributed by atoms with Crippen LogP contribution in [0.25, 0.3) is 5.82 Å². The van der Waals surface area contributed by atoms with Crippen LogP contribution in [0.5, 0.6) is 0 Å². The molecule has 8 heteroatoms. The first kappa shape index (κ1) is 15.3. The Hall–Kier alpha value is -3.26. The Morgan fingerprint density at radius 3 is 2.64 bits per heavy atom. The SMILES string of the molecule is O=C(Nc1nccs1)c1nnn(Cc2ccccc2)c1-n1cccc1. The smallest absolute Gasteiger partial charge is 0.281 e. The van der Waals surface area contributed by atoms with Crippen molar-refractivity contribution < 1.29 is 4.79 Å². The summed E-state index contributed by atoms with van der Waals surface area (Å²) in [5, 5.41) is 13.4. The first-order valence-corrected chi connectivity index (χ1v) is 8.51. The van der Waals surface area contributed by atoms with Crippen LogP contribution in [-0.2, 0) is 6.54 Å². The number of carbonyl (C=O) groups excluding carboxylic acids is 1. The molecule has 25 heavy (non-hydrogen) atoms. The molecule has 0 aliphatic heterocycles. The maximum absolute atomic E-state index is 12.6. The van der Waals surface area contributed by atoms with Crippen molar-refractivity contribution in [3.63, 3.8) is 0 Å². The van der Waals surface area contributed by atoms with E-state index in [0.717, 1.165) is 5.56 Å². The predicted molar refractivity (Wildman–Crippen MR) is 95.0 cm³/mol. The molecule has 0 bridgehead atoms. The van der Waals surface area contributed by atoms with E-state index in [9.17, 15) is 4.79 Å². The zero-order valence-electron chi connectivity index (χ0n) is 13.1. The van der Waals surface area contributed by atoms with Gasteiger partial charge in [0.05, 0.1) is 6.54 Å². The largest absolute Gasteiger partial charge is 0.307 e. The van der Waals surface area contributed by atoms with Gasteiger partial charge in [0.25, 0.3) is 5.91 Å². The molecule has 1 aromatic carbocycles. The molecule has 1 amide bonds. The van der Waals surface area contributed by atoms with E-state index >= 15 is 0 Å². The zero-order chi connectivity index (χ0) is 17.1. The molecule has 4 aromatic rings. The van der Waals surface area contributed by atoms with Crippen LogP contribution in [0.3, 0.4) is 0 Å². The van der Waals surface area contributed by atoms with Crippen LogP contribution in [-0.4, -0.2) is 30.5 Å². The molecule has 7 nitrogen and oxygen atoms in total. The number of hydrogen-bond donors (Lipinski definition) is 1. The Morgan fingerprint density at radius 2 is 1.92 bits per heavy atom. The molecule has 4 rings (SSSR count). The van der Waals surface area contributed by atoms with Crippen LogP contribution >= 0.6 is 11.3 Å². The summed E-state index contributed by atoms with van der Waals surface area (Å²) in [6.45, 7) is 0.520. The summed E-state index contributed by atoms with van der Waals surface area (Å²) >= 11 is 1.35. The molecule has 0 saturated heterocycles. The van der Waals surface area contributed by atoms with Gasteiger partial charge in [0.15, 0.2) is 16.6 Å². The second-order valence-corrected chi connectivity index (χ2v) is 6.18. The van der Waals surface area contributed by atoms with Gasteiger partial charge < -0.3 is 4.57 Å². The number of nitrogens with one attached hydrogen (secondary N) is 1.